The lowest BCUT2D eigenvalue weighted by Crippen LogP contribution is -2.50. The van der Waals surface area contributed by atoms with Crippen molar-refractivity contribution in [1.29, 1.82) is 0 Å². The molecule has 2 N–H and O–H groups in total. The molecule has 0 bridgehead atoms. The highest BCUT2D eigenvalue weighted by Crippen LogP contribution is 2.43. The number of aryl methyl sites for hydroxylation is 1. The number of carboxylic acid groups (broad SMARTS) is 1. The van der Waals surface area contributed by atoms with Gasteiger partial charge in [-0.15, -0.1) is 6.42 Å². The number of terminal acetylenes is 1. The van der Waals surface area contributed by atoms with Gasteiger partial charge in [-0.1, -0.05) is 5.92 Å². The molecule has 3 aliphatic rings. The van der Waals surface area contributed by atoms with Crippen LogP contribution >= 0.6 is 0 Å². The van der Waals surface area contributed by atoms with Gasteiger partial charge >= 0.3 is 6.09 Å². The van der Waals surface area contributed by atoms with Gasteiger partial charge < -0.3 is 20.0 Å². The Hall–Kier alpha value is -2.79. The Morgan fingerprint density at radius 1 is 1.31 bits per heavy atom. The predicted octanol–water partition coefficient (Wildman–Crippen LogP) is 2.63. The van der Waals surface area contributed by atoms with Gasteiger partial charge in [0.15, 0.2) is 0 Å². The molecule has 1 atom stereocenters. The zero-order valence-corrected chi connectivity index (χ0v) is 18.7. The highest BCUT2D eigenvalue weighted by atomic mass is 16.4. The van der Waals surface area contributed by atoms with Crippen LogP contribution in [0.25, 0.3) is 0 Å². The fourth-order valence-corrected chi connectivity index (χ4v) is 5.65. The minimum absolute atomic E-state index is 0.0366. The molecule has 32 heavy (non-hydrogen) atoms. The van der Waals surface area contributed by atoms with Crippen LogP contribution in [0.3, 0.4) is 0 Å². The molecule has 1 aromatic rings. The third kappa shape index (κ3) is 4.14. The summed E-state index contributed by atoms with van der Waals surface area (Å²) in [6.45, 7) is 4.13. The summed E-state index contributed by atoms with van der Waals surface area (Å²) < 4.78 is 0. The molecule has 2 amide bonds. The van der Waals surface area contributed by atoms with E-state index in [-0.39, 0.29) is 30.0 Å². The quantitative estimate of drug-likeness (QED) is 0.699. The largest absolute Gasteiger partial charge is 0.465 e. The van der Waals surface area contributed by atoms with Crippen LogP contribution in [-0.4, -0.2) is 70.4 Å². The SMILES string of the molecule is C#CCN(C(=O)O)c1cnc(N2CCC[C@]3(CCN([C@H]4CC[C@@H](O)CC4)C3=O)C2)c(C)c1. The number of aliphatic hydroxyl groups is 1. The van der Waals surface area contributed by atoms with Crippen molar-refractivity contribution in [3.05, 3.63) is 17.8 Å². The molecule has 0 aromatic carbocycles. The number of piperidine rings is 1. The van der Waals surface area contributed by atoms with Crippen molar-refractivity contribution >= 4 is 23.5 Å². The number of pyridine rings is 1. The summed E-state index contributed by atoms with van der Waals surface area (Å²) >= 11 is 0. The fourth-order valence-electron chi connectivity index (χ4n) is 5.65. The minimum Gasteiger partial charge on any atom is -0.465 e. The zero-order chi connectivity index (χ0) is 22.9. The molecule has 4 rings (SSSR count). The Morgan fingerprint density at radius 3 is 2.72 bits per heavy atom. The first-order valence-electron chi connectivity index (χ1n) is 11.5. The van der Waals surface area contributed by atoms with Crippen LogP contribution in [-0.2, 0) is 4.79 Å². The number of hydrogen-bond acceptors (Lipinski definition) is 5. The summed E-state index contributed by atoms with van der Waals surface area (Å²) in [5, 5.41) is 19.2. The summed E-state index contributed by atoms with van der Waals surface area (Å²) in [4.78, 5) is 35.0. The number of anilines is 2. The van der Waals surface area contributed by atoms with Gasteiger partial charge in [0.2, 0.25) is 5.91 Å². The van der Waals surface area contributed by atoms with E-state index in [0.29, 0.717) is 12.2 Å². The number of rotatable bonds is 4. The van der Waals surface area contributed by atoms with Gasteiger partial charge in [0.05, 0.1) is 29.9 Å². The third-order valence-electron chi connectivity index (χ3n) is 7.36. The van der Waals surface area contributed by atoms with E-state index in [1.165, 1.54) is 0 Å². The summed E-state index contributed by atoms with van der Waals surface area (Å²) in [7, 11) is 0. The monoisotopic (exact) mass is 440 g/mol. The number of likely N-dealkylation sites (tertiary alicyclic amines) is 1. The maximum atomic E-state index is 13.5. The summed E-state index contributed by atoms with van der Waals surface area (Å²) in [5.41, 5.74) is 0.940. The Balaban J connectivity index is 1.50. The molecule has 1 aliphatic carbocycles. The number of amides is 2. The van der Waals surface area contributed by atoms with Crippen LogP contribution in [0.2, 0.25) is 0 Å². The van der Waals surface area contributed by atoms with Crippen molar-refractivity contribution in [3.63, 3.8) is 0 Å². The van der Waals surface area contributed by atoms with E-state index >= 15 is 0 Å². The number of hydrogen-bond donors (Lipinski definition) is 2. The highest BCUT2D eigenvalue weighted by Gasteiger charge is 2.50. The molecular formula is C24H32N4O4. The lowest BCUT2D eigenvalue weighted by atomic mass is 9.78. The first-order chi connectivity index (χ1) is 15.3. The van der Waals surface area contributed by atoms with Crippen LogP contribution < -0.4 is 9.80 Å². The van der Waals surface area contributed by atoms with Crippen LogP contribution in [0, 0.1) is 24.7 Å². The number of nitrogens with zero attached hydrogens (tertiary/aromatic N) is 4. The first kappa shape index (κ1) is 22.4. The van der Waals surface area contributed by atoms with Crippen molar-refractivity contribution in [2.45, 2.75) is 64.0 Å². The topological polar surface area (TPSA) is 97.2 Å². The molecule has 0 radical (unpaired) electrons. The predicted molar refractivity (Wildman–Crippen MR) is 122 cm³/mol. The molecule has 3 fully saturated rings. The zero-order valence-electron chi connectivity index (χ0n) is 18.7. The summed E-state index contributed by atoms with van der Waals surface area (Å²) in [6.07, 6.45) is 11.5. The Morgan fingerprint density at radius 2 is 2.06 bits per heavy atom. The summed E-state index contributed by atoms with van der Waals surface area (Å²) in [5.74, 6) is 3.42. The average Bonchev–Trinajstić information content (AvgIpc) is 3.07. The Kier molecular flexibility index (Phi) is 6.29. The molecule has 1 saturated carbocycles. The van der Waals surface area contributed by atoms with Crippen LogP contribution in [0.15, 0.2) is 12.3 Å². The van der Waals surface area contributed by atoms with Gasteiger partial charge in [0.1, 0.15) is 5.82 Å². The molecule has 0 unspecified atom stereocenters. The normalized spacial score (nSPS) is 28.1. The lowest BCUT2D eigenvalue weighted by molar-refractivity contribution is -0.139. The standard InChI is InChI=1S/C24H32N4O4/c1-3-11-28(23(31)32)19-14-17(2)21(25-15-19)26-12-4-9-24(16-26)10-13-27(22(24)30)18-5-7-20(29)8-6-18/h1,14-15,18,20,29H,4-13,16H2,2H3,(H,31,32)/t18-,20+,24-/m0/s1. The second-order valence-electron chi connectivity index (χ2n) is 9.42. The number of carbonyl (C=O) groups is 2. The van der Waals surface area contributed by atoms with Gasteiger partial charge in [-0.25, -0.2) is 9.78 Å². The molecular weight excluding hydrogens is 408 g/mol. The smallest absolute Gasteiger partial charge is 0.412 e. The second kappa shape index (κ2) is 8.99. The van der Waals surface area contributed by atoms with Crippen molar-refractivity contribution in [2.75, 3.05) is 36.0 Å². The van der Waals surface area contributed by atoms with Crippen molar-refractivity contribution in [3.8, 4) is 12.3 Å². The maximum Gasteiger partial charge on any atom is 0.412 e. The van der Waals surface area contributed by atoms with Gasteiger partial charge in [-0.3, -0.25) is 9.69 Å². The van der Waals surface area contributed by atoms with Gasteiger partial charge in [0.25, 0.3) is 0 Å². The van der Waals surface area contributed by atoms with E-state index in [0.717, 1.165) is 74.3 Å². The van der Waals surface area contributed by atoms with Crippen molar-refractivity contribution in [1.82, 2.24) is 9.88 Å². The van der Waals surface area contributed by atoms with Crippen LogP contribution in [0.1, 0.15) is 50.5 Å². The molecule has 1 spiro atoms. The van der Waals surface area contributed by atoms with E-state index < -0.39 is 6.09 Å². The lowest BCUT2D eigenvalue weighted by Gasteiger charge is -2.41. The van der Waals surface area contributed by atoms with Gasteiger partial charge in [0, 0.05) is 25.7 Å². The maximum absolute atomic E-state index is 13.5. The number of aliphatic hydroxyl groups excluding tert-OH is 1. The molecule has 8 nitrogen and oxygen atoms in total. The first-order valence-corrected chi connectivity index (χ1v) is 11.5. The van der Waals surface area contributed by atoms with E-state index in [1.807, 2.05) is 6.92 Å². The molecule has 2 aliphatic heterocycles. The van der Waals surface area contributed by atoms with Crippen molar-refractivity contribution in [2.24, 2.45) is 5.41 Å². The molecule has 1 aromatic heterocycles. The van der Waals surface area contributed by atoms with Gasteiger partial charge in [-0.2, -0.15) is 0 Å². The van der Waals surface area contributed by atoms with E-state index in [9.17, 15) is 19.8 Å². The molecule has 2 saturated heterocycles. The fraction of sp³-hybridized carbons (Fsp3) is 0.625. The molecule has 172 valence electrons. The van der Waals surface area contributed by atoms with E-state index in [2.05, 4.69) is 20.7 Å². The van der Waals surface area contributed by atoms with Crippen LogP contribution in [0.4, 0.5) is 16.3 Å². The number of carbonyl (C=O) groups excluding carboxylic acids is 1. The Labute approximate surface area is 189 Å². The molecule has 3 heterocycles. The third-order valence-corrected chi connectivity index (χ3v) is 7.36. The van der Waals surface area contributed by atoms with E-state index in [4.69, 9.17) is 6.42 Å². The number of aromatic nitrogens is 1. The minimum atomic E-state index is -1.11. The van der Waals surface area contributed by atoms with Crippen molar-refractivity contribution < 1.29 is 19.8 Å². The highest BCUT2D eigenvalue weighted by molar-refractivity contribution is 5.87. The second-order valence-corrected chi connectivity index (χ2v) is 9.42. The molecule has 8 heteroatoms. The Bertz CT molecular complexity index is 921. The van der Waals surface area contributed by atoms with Gasteiger partial charge in [-0.05, 0) is 63.5 Å². The van der Waals surface area contributed by atoms with E-state index in [1.54, 1.807) is 12.3 Å². The van der Waals surface area contributed by atoms with Crippen LogP contribution in [0.5, 0.6) is 0 Å². The summed E-state index contributed by atoms with van der Waals surface area (Å²) in [6, 6.07) is 2.04. The average molecular weight is 441 g/mol.